The van der Waals surface area contributed by atoms with E-state index in [1.165, 1.54) is 0 Å². The molecule has 1 aliphatic rings. The second kappa shape index (κ2) is 4.43. The molecule has 76 valence electrons. The minimum Gasteiger partial charge on any atom is -0.378 e. The number of nitrogens with zero attached hydrogens (tertiary/aromatic N) is 2. The molecule has 1 atom stereocenters. The first kappa shape index (κ1) is 10.1. The molecule has 2 rings (SSSR count). The van der Waals surface area contributed by atoms with Crippen molar-refractivity contribution in [2.45, 2.75) is 25.4 Å². The van der Waals surface area contributed by atoms with Gasteiger partial charge in [-0.25, -0.2) is 0 Å². The summed E-state index contributed by atoms with van der Waals surface area (Å²) in [6.07, 6.45) is 3.24. The lowest BCUT2D eigenvalue weighted by atomic mass is 10.1. The lowest BCUT2D eigenvalue weighted by Gasteiger charge is -2.07. The minimum absolute atomic E-state index is 0.253. The minimum atomic E-state index is 0.253. The normalized spacial score (nSPS) is 21.4. The maximum Gasteiger partial charge on any atom is 0.170 e. The third-order valence-electron chi connectivity index (χ3n) is 2.22. The highest BCUT2D eigenvalue weighted by molar-refractivity contribution is 6.41. The van der Waals surface area contributed by atoms with Gasteiger partial charge in [0.25, 0.3) is 0 Å². The highest BCUT2D eigenvalue weighted by atomic mass is 35.5. The van der Waals surface area contributed by atoms with Gasteiger partial charge in [0, 0.05) is 13.0 Å². The Kier molecular flexibility index (Phi) is 3.21. The molecule has 0 radical (unpaired) electrons. The summed E-state index contributed by atoms with van der Waals surface area (Å²) < 4.78 is 5.48. The van der Waals surface area contributed by atoms with Crippen LogP contribution in [-0.4, -0.2) is 22.9 Å². The quantitative estimate of drug-likeness (QED) is 0.787. The molecule has 0 N–H and O–H groups in total. The fraction of sp³-hybridized carbons (Fsp3) is 0.556. The Morgan fingerprint density at radius 2 is 2.29 bits per heavy atom. The van der Waals surface area contributed by atoms with Crippen molar-refractivity contribution in [3.8, 4) is 0 Å². The fourth-order valence-electron chi connectivity index (χ4n) is 1.53. The third kappa shape index (κ3) is 2.35. The molecule has 0 spiro atoms. The fourth-order valence-corrected chi connectivity index (χ4v) is 1.79. The second-order valence-corrected chi connectivity index (χ2v) is 4.08. The molecule has 5 heteroatoms. The van der Waals surface area contributed by atoms with Gasteiger partial charge in [-0.3, -0.25) is 0 Å². The van der Waals surface area contributed by atoms with Crippen molar-refractivity contribution >= 4 is 23.2 Å². The summed E-state index contributed by atoms with van der Waals surface area (Å²) in [5.41, 5.74) is 0.839. The molecule has 0 aromatic carbocycles. The average molecular weight is 233 g/mol. The van der Waals surface area contributed by atoms with Crippen LogP contribution in [0.3, 0.4) is 0 Å². The Bertz CT molecular complexity index is 327. The van der Waals surface area contributed by atoms with Gasteiger partial charge in [-0.05, 0) is 18.9 Å². The summed E-state index contributed by atoms with van der Waals surface area (Å²) in [5.74, 6) is 0. The smallest absolute Gasteiger partial charge is 0.170 e. The van der Waals surface area contributed by atoms with E-state index in [-0.39, 0.29) is 11.3 Å². The molecule has 0 bridgehead atoms. The third-order valence-corrected chi connectivity index (χ3v) is 2.88. The van der Waals surface area contributed by atoms with Crippen molar-refractivity contribution in [3.63, 3.8) is 0 Å². The van der Waals surface area contributed by atoms with E-state index in [0.717, 1.165) is 31.6 Å². The van der Waals surface area contributed by atoms with Crippen LogP contribution in [0.15, 0.2) is 6.07 Å². The van der Waals surface area contributed by atoms with Crippen LogP contribution in [-0.2, 0) is 11.2 Å². The second-order valence-electron chi connectivity index (χ2n) is 3.31. The number of hydrogen-bond donors (Lipinski definition) is 0. The van der Waals surface area contributed by atoms with Crippen molar-refractivity contribution in [2.24, 2.45) is 0 Å². The van der Waals surface area contributed by atoms with Crippen LogP contribution < -0.4 is 0 Å². The standard InChI is InChI=1S/C9H10Cl2N2O/c10-8-5-6(12-13-9(8)11)4-7-2-1-3-14-7/h5,7H,1-4H2. The van der Waals surface area contributed by atoms with Crippen molar-refractivity contribution in [1.29, 1.82) is 0 Å². The lowest BCUT2D eigenvalue weighted by molar-refractivity contribution is 0.110. The van der Waals surface area contributed by atoms with E-state index in [1.807, 2.05) is 0 Å². The number of hydrogen-bond acceptors (Lipinski definition) is 3. The Balaban J connectivity index is 2.05. The number of ether oxygens (including phenoxy) is 1. The molecule has 1 aromatic rings. The first-order valence-electron chi connectivity index (χ1n) is 4.55. The Labute approximate surface area is 92.4 Å². The van der Waals surface area contributed by atoms with Gasteiger partial charge in [0.15, 0.2) is 5.15 Å². The summed E-state index contributed by atoms with van der Waals surface area (Å²) >= 11 is 11.5. The molecule has 3 nitrogen and oxygen atoms in total. The molecule has 0 aliphatic carbocycles. The molecule has 1 aliphatic heterocycles. The number of halogens is 2. The van der Waals surface area contributed by atoms with E-state index in [0.29, 0.717) is 5.02 Å². The van der Waals surface area contributed by atoms with E-state index in [9.17, 15) is 0 Å². The van der Waals surface area contributed by atoms with Crippen LogP contribution in [0.4, 0.5) is 0 Å². The zero-order valence-corrected chi connectivity index (χ0v) is 9.05. The molecule has 1 unspecified atom stereocenters. The topological polar surface area (TPSA) is 35.0 Å². The van der Waals surface area contributed by atoms with Gasteiger partial charge < -0.3 is 4.74 Å². The van der Waals surface area contributed by atoms with Crippen LogP contribution in [0.1, 0.15) is 18.5 Å². The summed E-state index contributed by atoms with van der Waals surface area (Å²) in [4.78, 5) is 0. The van der Waals surface area contributed by atoms with Gasteiger partial charge in [-0.15, -0.1) is 5.10 Å². The highest BCUT2D eigenvalue weighted by Crippen LogP contribution is 2.21. The lowest BCUT2D eigenvalue weighted by Crippen LogP contribution is -2.10. The average Bonchev–Trinajstić information content (AvgIpc) is 2.64. The van der Waals surface area contributed by atoms with E-state index in [2.05, 4.69) is 10.2 Å². The first-order valence-corrected chi connectivity index (χ1v) is 5.30. The monoisotopic (exact) mass is 232 g/mol. The molecule has 1 fully saturated rings. The maximum absolute atomic E-state index is 5.82. The van der Waals surface area contributed by atoms with E-state index in [4.69, 9.17) is 27.9 Å². The van der Waals surface area contributed by atoms with Crippen LogP contribution in [0.5, 0.6) is 0 Å². The Hall–Kier alpha value is -0.380. The zero-order chi connectivity index (χ0) is 9.97. The van der Waals surface area contributed by atoms with Crippen molar-refractivity contribution in [2.75, 3.05) is 6.61 Å². The van der Waals surface area contributed by atoms with Crippen LogP contribution in [0.25, 0.3) is 0 Å². The summed E-state index contributed by atoms with van der Waals surface area (Å²) in [7, 11) is 0. The van der Waals surface area contributed by atoms with Crippen molar-refractivity contribution < 1.29 is 4.74 Å². The van der Waals surface area contributed by atoms with Crippen LogP contribution in [0.2, 0.25) is 10.2 Å². The first-order chi connectivity index (χ1) is 6.75. The van der Waals surface area contributed by atoms with E-state index < -0.39 is 0 Å². The Morgan fingerprint density at radius 3 is 2.93 bits per heavy atom. The molecule has 1 saturated heterocycles. The van der Waals surface area contributed by atoms with Crippen molar-refractivity contribution in [3.05, 3.63) is 21.9 Å². The highest BCUT2D eigenvalue weighted by Gasteiger charge is 2.17. The molecular weight excluding hydrogens is 223 g/mol. The van der Waals surface area contributed by atoms with Gasteiger partial charge in [0.1, 0.15) is 0 Å². The molecule has 0 amide bonds. The zero-order valence-electron chi connectivity index (χ0n) is 7.54. The summed E-state index contributed by atoms with van der Waals surface area (Å²) in [5, 5.41) is 8.41. The van der Waals surface area contributed by atoms with E-state index >= 15 is 0 Å². The predicted octanol–water partition coefficient (Wildman–Crippen LogP) is 2.50. The predicted molar refractivity (Wildman–Crippen MR) is 54.7 cm³/mol. The largest absolute Gasteiger partial charge is 0.378 e. The van der Waals surface area contributed by atoms with Gasteiger partial charge >= 0.3 is 0 Å². The maximum atomic E-state index is 5.82. The molecule has 1 aromatic heterocycles. The summed E-state index contributed by atoms with van der Waals surface area (Å²) in [6.45, 7) is 0.847. The van der Waals surface area contributed by atoms with E-state index in [1.54, 1.807) is 6.07 Å². The molecular formula is C9H10Cl2N2O. The molecule has 0 saturated carbocycles. The molecule has 2 heterocycles. The van der Waals surface area contributed by atoms with Gasteiger partial charge in [0.05, 0.1) is 16.8 Å². The SMILES string of the molecule is Clc1cc(CC2CCCO2)nnc1Cl. The van der Waals surface area contributed by atoms with Crippen molar-refractivity contribution in [1.82, 2.24) is 10.2 Å². The molecule has 14 heavy (non-hydrogen) atoms. The van der Waals surface area contributed by atoms with Gasteiger partial charge in [0.2, 0.25) is 0 Å². The Morgan fingerprint density at radius 1 is 1.43 bits per heavy atom. The number of aromatic nitrogens is 2. The van der Waals surface area contributed by atoms with Gasteiger partial charge in [-0.2, -0.15) is 5.10 Å². The van der Waals surface area contributed by atoms with Crippen LogP contribution in [0, 0.1) is 0 Å². The number of rotatable bonds is 2. The summed E-state index contributed by atoms with van der Waals surface area (Å²) in [6, 6.07) is 1.75. The van der Waals surface area contributed by atoms with Crippen LogP contribution >= 0.6 is 23.2 Å². The van der Waals surface area contributed by atoms with Gasteiger partial charge in [-0.1, -0.05) is 23.2 Å².